The van der Waals surface area contributed by atoms with E-state index < -0.39 is 26.5 Å². The SMILES string of the molecule is CCC/C=C\CCCCCCCC(=O)OC(COC(=O)CCCCCCCCC)COP(=O)(O)OCC[N+](C)(C)C. The average molecular weight is 607 g/mol. The average Bonchev–Trinajstić information content (AvgIpc) is 2.90. The number of allylic oxidation sites excluding steroid dienone is 2. The largest absolute Gasteiger partial charge is 0.472 e. The number of quaternary nitrogens is 1. The Morgan fingerprint density at radius 3 is 1.90 bits per heavy atom. The highest BCUT2D eigenvalue weighted by Gasteiger charge is 2.27. The van der Waals surface area contributed by atoms with Crippen LogP contribution in [0.5, 0.6) is 0 Å². The van der Waals surface area contributed by atoms with Crippen LogP contribution in [0.4, 0.5) is 0 Å². The molecule has 0 radical (unpaired) electrons. The van der Waals surface area contributed by atoms with Crippen LogP contribution < -0.4 is 0 Å². The number of unbranched alkanes of at least 4 members (excludes halogenated alkanes) is 12. The van der Waals surface area contributed by atoms with Crippen molar-refractivity contribution >= 4 is 19.8 Å². The van der Waals surface area contributed by atoms with Crippen LogP contribution in [-0.4, -0.2) is 74.9 Å². The molecular weight excluding hydrogens is 545 g/mol. The Bertz CT molecular complexity index is 738. The second-order valence-electron chi connectivity index (χ2n) is 11.8. The lowest BCUT2D eigenvalue weighted by molar-refractivity contribution is -0.870. The lowest BCUT2D eigenvalue weighted by atomic mass is 10.1. The first-order chi connectivity index (χ1) is 19.5. The van der Waals surface area contributed by atoms with Crippen LogP contribution in [0.3, 0.4) is 0 Å². The van der Waals surface area contributed by atoms with E-state index in [2.05, 4.69) is 26.0 Å². The summed E-state index contributed by atoms with van der Waals surface area (Å²) in [5, 5.41) is 0. The number of hydrogen-bond donors (Lipinski definition) is 1. The van der Waals surface area contributed by atoms with Crippen LogP contribution in [0.15, 0.2) is 12.2 Å². The maximum absolute atomic E-state index is 12.5. The molecule has 2 unspecified atom stereocenters. The third-order valence-corrected chi connectivity index (χ3v) is 7.51. The second-order valence-corrected chi connectivity index (χ2v) is 13.3. The normalized spacial score (nSPS) is 14.2. The van der Waals surface area contributed by atoms with Gasteiger partial charge in [-0.15, -0.1) is 0 Å². The molecule has 1 N–H and O–H groups in total. The zero-order valence-corrected chi connectivity index (χ0v) is 27.7. The number of phosphoric acid groups is 1. The fraction of sp³-hybridized carbons (Fsp3) is 0.871. The fourth-order valence-electron chi connectivity index (χ4n) is 3.95. The highest BCUT2D eigenvalue weighted by Crippen LogP contribution is 2.43. The van der Waals surface area contributed by atoms with Crippen LogP contribution in [0.25, 0.3) is 0 Å². The predicted octanol–water partition coefficient (Wildman–Crippen LogP) is 7.51. The number of carbonyl (C=O) groups excluding carboxylic acids is 2. The number of esters is 2. The molecule has 0 aliphatic heterocycles. The lowest BCUT2D eigenvalue weighted by Crippen LogP contribution is -2.37. The molecule has 0 aliphatic rings. The number of rotatable bonds is 28. The summed E-state index contributed by atoms with van der Waals surface area (Å²) in [6.45, 7) is 4.26. The van der Waals surface area contributed by atoms with Gasteiger partial charge in [0.25, 0.3) is 0 Å². The third-order valence-electron chi connectivity index (χ3n) is 6.53. The highest BCUT2D eigenvalue weighted by atomic mass is 31.2. The molecule has 0 spiro atoms. The second kappa shape index (κ2) is 25.3. The molecule has 41 heavy (non-hydrogen) atoms. The Morgan fingerprint density at radius 2 is 1.29 bits per heavy atom. The van der Waals surface area contributed by atoms with Gasteiger partial charge >= 0.3 is 19.8 Å². The summed E-state index contributed by atoms with van der Waals surface area (Å²) in [4.78, 5) is 34.8. The van der Waals surface area contributed by atoms with Crippen molar-refractivity contribution in [2.45, 2.75) is 129 Å². The molecular formula is C31H61NO8P+. The van der Waals surface area contributed by atoms with E-state index in [0.717, 1.165) is 57.8 Å². The maximum atomic E-state index is 12.5. The Morgan fingerprint density at radius 1 is 0.732 bits per heavy atom. The van der Waals surface area contributed by atoms with E-state index in [9.17, 15) is 19.0 Å². The van der Waals surface area contributed by atoms with Crippen LogP contribution in [0.2, 0.25) is 0 Å². The molecule has 0 heterocycles. The summed E-state index contributed by atoms with van der Waals surface area (Å²) >= 11 is 0. The number of phosphoric ester groups is 1. The molecule has 0 aromatic carbocycles. The molecule has 9 nitrogen and oxygen atoms in total. The van der Waals surface area contributed by atoms with Crippen molar-refractivity contribution in [2.24, 2.45) is 0 Å². The van der Waals surface area contributed by atoms with Crippen molar-refractivity contribution in [3.8, 4) is 0 Å². The van der Waals surface area contributed by atoms with Crippen molar-refractivity contribution in [2.75, 3.05) is 47.5 Å². The molecule has 0 saturated heterocycles. The molecule has 0 aromatic heterocycles. The number of nitrogens with zero attached hydrogens (tertiary/aromatic N) is 1. The minimum Gasteiger partial charge on any atom is -0.462 e. The minimum absolute atomic E-state index is 0.0319. The monoisotopic (exact) mass is 606 g/mol. The molecule has 0 rings (SSSR count). The van der Waals surface area contributed by atoms with Gasteiger partial charge in [-0.05, 0) is 32.1 Å². The van der Waals surface area contributed by atoms with E-state index in [4.69, 9.17) is 18.5 Å². The minimum atomic E-state index is -4.35. The maximum Gasteiger partial charge on any atom is 0.472 e. The topological polar surface area (TPSA) is 108 Å². The molecule has 0 fully saturated rings. The first-order valence-corrected chi connectivity index (χ1v) is 17.4. The van der Waals surface area contributed by atoms with Crippen molar-refractivity contribution in [3.05, 3.63) is 12.2 Å². The molecule has 242 valence electrons. The van der Waals surface area contributed by atoms with Gasteiger partial charge in [-0.3, -0.25) is 18.6 Å². The first-order valence-electron chi connectivity index (χ1n) is 15.9. The number of likely N-dealkylation sites (N-methyl/N-ethyl adjacent to an activating group) is 1. The predicted molar refractivity (Wildman–Crippen MR) is 164 cm³/mol. The van der Waals surface area contributed by atoms with Crippen molar-refractivity contribution in [1.29, 1.82) is 0 Å². The van der Waals surface area contributed by atoms with Gasteiger partial charge in [-0.25, -0.2) is 4.57 Å². The van der Waals surface area contributed by atoms with E-state index in [0.29, 0.717) is 17.4 Å². The van der Waals surface area contributed by atoms with E-state index in [1.807, 2.05) is 21.1 Å². The number of ether oxygens (including phenoxy) is 2. The summed E-state index contributed by atoms with van der Waals surface area (Å²) in [5.74, 6) is -0.821. The summed E-state index contributed by atoms with van der Waals surface area (Å²) in [7, 11) is 1.47. The van der Waals surface area contributed by atoms with Gasteiger partial charge in [-0.2, -0.15) is 0 Å². The lowest BCUT2D eigenvalue weighted by Gasteiger charge is -2.24. The van der Waals surface area contributed by atoms with E-state index in [1.165, 1.54) is 32.1 Å². The van der Waals surface area contributed by atoms with Crippen molar-refractivity contribution in [3.63, 3.8) is 0 Å². The molecule has 0 bridgehead atoms. The summed E-state index contributed by atoms with van der Waals surface area (Å²) in [5.41, 5.74) is 0. The Balaban J connectivity index is 4.55. The van der Waals surface area contributed by atoms with Gasteiger partial charge in [0.15, 0.2) is 6.10 Å². The number of carbonyl (C=O) groups is 2. The van der Waals surface area contributed by atoms with Crippen LogP contribution in [0, 0.1) is 0 Å². The van der Waals surface area contributed by atoms with Crippen LogP contribution >= 0.6 is 7.82 Å². The molecule has 2 atom stereocenters. The van der Waals surface area contributed by atoms with Gasteiger partial charge in [0.2, 0.25) is 0 Å². The van der Waals surface area contributed by atoms with Gasteiger partial charge in [0.05, 0.1) is 27.7 Å². The Labute approximate surface area is 250 Å². The van der Waals surface area contributed by atoms with E-state index in [1.54, 1.807) is 0 Å². The Kier molecular flexibility index (Phi) is 24.5. The zero-order chi connectivity index (χ0) is 30.8. The first kappa shape index (κ1) is 39.8. The Hall–Kier alpha value is -1.25. The van der Waals surface area contributed by atoms with Gasteiger partial charge < -0.3 is 18.9 Å². The summed E-state index contributed by atoms with van der Waals surface area (Å²) in [6, 6.07) is 0. The van der Waals surface area contributed by atoms with Gasteiger partial charge in [0, 0.05) is 12.8 Å². The number of hydrogen-bond acceptors (Lipinski definition) is 7. The van der Waals surface area contributed by atoms with Crippen molar-refractivity contribution < 1.29 is 42.1 Å². The quantitative estimate of drug-likeness (QED) is 0.0321. The van der Waals surface area contributed by atoms with Crippen LogP contribution in [0.1, 0.15) is 123 Å². The smallest absolute Gasteiger partial charge is 0.462 e. The van der Waals surface area contributed by atoms with E-state index in [-0.39, 0.29) is 32.0 Å². The zero-order valence-electron chi connectivity index (χ0n) is 26.8. The highest BCUT2D eigenvalue weighted by molar-refractivity contribution is 7.47. The molecule has 0 amide bonds. The van der Waals surface area contributed by atoms with Gasteiger partial charge in [-0.1, -0.05) is 90.2 Å². The summed E-state index contributed by atoms with van der Waals surface area (Å²) < 4.78 is 33.8. The molecule has 0 saturated carbocycles. The fourth-order valence-corrected chi connectivity index (χ4v) is 4.70. The standard InChI is InChI=1S/C31H60NO8P/c1-6-8-10-12-14-15-16-18-20-22-24-31(34)40-29(28-39-41(35,36)38-26-25-32(3,4)5)27-37-30(33)23-21-19-17-13-11-9-7-2/h10,12,29H,6-9,11,13-28H2,1-5H3/p+1/b12-10-. The third kappa shape index (κ3) is 28.6. The van der Waals surface area contributed by atoms with Gasteiger partial charge in [0.1, 0.15) is 19.8 Å². The van der Waals surface area contributed by atoms with E-state index >= 15 is 0 Å². The van der Waals surface area contributed by atoms with Crippen molar-refractivity contribution in [1.82, 2.24) is 0 Å². The van der Waals surface area contributed by atoms with Crippen LogP contribution in [-0.2, 0) is 32.7 Å². The molecule has 0 aliphatic carbocycles. The summed E-state index contributed by atoms with van der Waals surface area (Å²) in [6.07, 6.45) is 20.0. The molecule has 10 heteroatoms. The molecule has 0 aromatic rings.